The average molecular weight is 345 g/mol. The number of amides is 4. The molecule has 0 spiro atoms. The van der Waals surface area contributed by atoms with Crippen LogP contribution in [-0.2, 0) is 9.59 Å². The highest BCUT2D eigenvalue weighted by molar-refractivity contribution is 6.09. The van der Waals surface area contributed by atoms with Gasteiger partial charge in [0.1, 0.15) is 17.8 Å². The Morgan fingerprint density at radius 1 is 1.36 bits per heavy atom. The molecule has 0 saturated carbocycles. The molecule has 130 valence electrons. The molecule has 4 amide bonds. The Hall–Kier alpha value is -3.23. The first kappa shape index (κ1) is 16.6. The van der Waals surface area contributed by atoms with Crippen molar-refractivity contribution in [2.75, 3.05) is 11.9 Å². The molecule has 1 aromatic heterocycles. The van der Waals surface area contributed by atoms with E-state index in [0.717, 1.165) is 11.0 Å². The minimum atomic E-state index is -1.05. The van der Waals surface area contributed by atoms with Crippen molar-refractivity contribution >= 4 is 23.5 Å². The number of rotatable bonds is 4. The Morgan fingerprint density at radius 3 is 2.68 bits per heavy atom. The number of nitrogens with one attached hydrogen (secondary N) is 2. The van der Waals surface area contributed by atoms with Gasteiger partial charge in [0.15, 0.2) is 5.82 Å². The zero-order valence-electron chi connectivity index (χ0n) is 13.6. The molecule has 2 N–H and O–H groups in total. The Kier molecular flexibility index (Phi) is 3.99. The summed E-state index contributed by atoms with van der Waals surface area (Å²) < 4.78 is 15.5. The predicted molar refractivity (Wildman–Crippen MR) is 86.5 cm³/mol. The largest absolute Gasteiger partial charge is 0.325 e. The third-order valence-electron chi connectivity index (χ3n) is 3.73. The van der Waals surface area contributed by atoms with Crippen LogP contribution >= 0.6 is 0 Å². The molecule has 1 aliphatic rings. The highest BCUT2D eigenvalue weighted by Crippen LogP contribution is 2.19. The van der Waals surface area contributed by atoms with E-state index in [1.54, 1.807) is 26.1 Å². The van der Waals surface area contributed by atoms with Gasteiger partial charge in [0.05, 0.1) is 0 Å². The van der Waals surface area contributed by atoms with Crippen molar-refractivity contribution in [1.29, 1.82) is 0 Å². The number of carbonyl (C=O) groups excluding carboxylic acids is 3. The molecule has 1 saturated heterocycles. The highest BCUT2D eigenvalue weighted by atomic mass is 19.1. The summed E-state index contributed by atoms with van der Waals surface area (Å²) in [7, 11) is 0. The van der Waals surface area contributed by atoms with Gasteiger partial charge in [-0.15, -0.1) is 0 Å². The Morgan fingerprint density at radius 2 is 2.12 bits per heavy atom. The van der Waals surface area contributed by atoms with E-state index in [2.05, 4.69) is 15.7 Å². The number of urea groups is 1. The lowest BCUT2D eigenvalue weighted by molar-refractivity contribution is -0.132. The van der Waals surface area contributed by atoms with Crippen molar-refractivity contribution in [1.82, 2.24) is 20.0 Å². The zero-order valence-corrected chi connectivity index (χ0v) is 13.6. The lowest BCUT2D eigenvalue weighted by Gasteiger charge is -2.15. The molecule has 25 heavy (non-hydrogen) atoms. The molecule has 0 bridgehead atoms. The fourth-order valence-electron chi connectivity index (χ4n) is 2.49. The van der Waals surface area contributed by atoms with Crippen LogP contribution < -0.4 is 10.6 Å². The number of carbonyl (C=O) groups is 3. The summed E-state index contributed by atoms with van der Waals surface area (Å²) >= 11 is 0. The van der Waals surface area contributed by atoms with Gasteiger partial charge in [-0.25, -0.2) is 13.9 Å². The number of anilines is 1. The third kappa shape index (κ3) is 3.21. The summed E-state index contributed by atoms with van der Waals surface area (Å²) in [6.07, 6.45) is 3.12. The average Bonchev–Trinajstić information content (AvgIpc) is 3.11. The van der Waals surface area contributed by atoms with Crippen LogP contribution in [0.15, 0.2) is 36.7 Å². The van der Waals surface area contributed by atoms with Crippen molar-refractivity contribution in [3.63, 3.8) is 0 Å². The first-order chi connectivity index (χ1) is 11.8. The lowest BCUT2D eigenvalue weighted by atomic mass is 10.1. The number of imide groups is 1. The normalized spacial score (nSPS) is 16.0. The standard InChI is InChI=1S/C16H16FN5O3/c1-16(2)14(24)21(15(25)20-16)9-13(23)19-10-4-5-12(11(17)8-10)22-7-3-6-18-22/h3-8H,9H2,1-2H3,(H,19,23)(H,20,25). The van der Waals surface area contributed by atoms with E-state index in [1.165, 1.54) is 23.0 Å². The Labute approximate surface area is 142 Å². The smallest absolute Gasteiger partial charge is 0.324 e. The second kappa shape index (κ2) is 6.00. The molecule has 0 aliphatic carbocycles. The maximum absolute atomic E-state index is 14.2. The topological polar surface area (TPSA) is 96.3 Å². The Bertz CT molecular complexity index is 847. The highest BCUT2D eigenvalue weighted by Gasteiger charge is 2.44. The number of hydrogen-bond acceptors (Lipinski definition) is 4. The molecule has 2 heterocycles. The molecule has 0 unspecified atom stereocenters. The molecule has 1 fully saturated rings. The van der Waals surface area contributed by atoms with Crippen LogP contribution in [0.3, 0.4) is 0 Å². The number of nitrogens with zero attached hydrogens (tertiary/aromatic N) is 3. The van der Waals surface area contributed by atoms with Crippen molar-refractivity contribution < 1.29 is 18.8 Å². The van der Waals surface area contributed by atoms with Crippen molar-refractivity contribution in [2.45, 2.75) is 19.4 Å². The number of aromatic nitrogens is 2. The second-order valence-corrected chi connectivity index (χ2v) is 6.11. The SMILES string of the molecule is CC1(C)NC(=O)N(CC(=O)Nc2ccc(-n3cccn3)c(F)c2)C1=O. The summed E-state index contributed by atoms with van der Waals surface area (Å²) in [5, 5.41) is 8.89. The minimum Gasteiger partial charge on any atom is -0.324 e. The van der Waals surface area contributed by atoms with Crippen LogP contribution in [0.4, 0.5) is 14.9 Å². The first-order valence-corrected chi connectivity index (χ1v) is 7.51. The van der Waals surface area contributed by atoms with Crippen LogP contribution in [0, 0.1) is 5.82 Å². The van der Waals surface area contributed by atoms with Crippen molar-refractivity contribution in [3.8, 4) is 5.69 Å². The summed E-state index contributed by atoms with van der Waals surface area (Å²) in [4.78, 5) is 36.7. The minimum absolute atomic E-state index is 0.213. The third-order valence-corrected chi connectivity index (χ3v) is 3.73. The van der Waals surface area contributed by atoms with E-state index < -0.39 is 35.7 Å². The van der Waals surface area contributed by atoms with Gasteiger partial charge < -0.3 is 10.6 Å². The van der Waals surface area contributed by atoms with Crippen molar-refractivity contribution in [2.24, 2.45) is 0 Å². The van der Waals surface area contributed by atoms with Gasteiger partial charge in [-0.05, 0) is 38.1 Å². The van der Waals surface area contributed by atoms with E-state index in [9.17, 15) is 18.8 Å². The fourth-order valence-corrected chi connectivity index (χ4v) is 2.49. The molecule has 3 rings (SSSR count). The predicted octanol–water partition coefficient (Wildman–Crippen LogP) is 1.28. The van der Waals surface area contributed by atoms with Gasteiger partial charge in [0, 0.05) is 18.1 Å². The van der Waals surface area contributed by atoms with Crippen LogP contribution in [0.2, 0.25) is 0 Å². The van der Waals surface area contributed by atoms with E-state index in [-0.39, 0.29) is 11.4 Å². The van der Waals surface area contributed by atoms with Crippen LogP contribution in [-0.4, -0.2) is 44.6 Å². The fraction of sp³-hybridized carbons (Fsp3) is 0.250. The molecule has 1 aliphatic heterocycles. The molecule has 8 nitrogen and oxygen atoms in total. The summed E-state index contributed by atoms with van der Waals surface area (Å²) in [6, 6.07) is 5.15. The first-order valence-electron chi connectivity index (χ1n) is 7.51. The zero-order chi connectivity index (χ0) is 18.2. The molecule has 9 heteroatoms. The van der Waals surface area contributed by atoms with E-state index in [4.69, 9.17) is 0 Å². The molecular formula is C16H16FN5O3. The van der Waals surface area contributed by atoms with Crippen LogP contribution in [0.1, 0.15) is 13.8 Å². The van der Waals surface area contributed by atoms with E-state index in [1.807, 2.05) is 0 Å². The van der Waals surface area contributed by atoms with Gasteiger partial charge in [-0.1, -0.05) is 0 Å². The number of hydrogen-bond donors (Lipinski definition) is 2. The molecule has 0 atom stereocenters. The maximum Gasteiger partial charge on any atom is 0.325 e. The van der Waals surface area contributed by atoms with Gasteiger partial charge in [0.25, 0.3) is 5.91 Å². The molecular weight excluding hydrogens is 329 g/mol. The van der Waals surface area contributed by atoms with Gasteiger partial charge in [0.2, 0.25) is 5.91 Å². The second-order valence-electron chi connectivity index (χ2n) is 6.11. The van der Waals surface area contributed by atoms with Crippen LogP contribution in [0.25, 0.3) is 5.69 Å². The molecule has 0 radical (unpaired) electrons. The quantitative estimate of drug-likeness (QED) is 0.816. The monoisotopic (exact) mass is 345 g/mol. The summed E-state index contributed by atoms with van der Waals surface area (Å²) in [6.45, 7) is 2.65. The van der Waals surface area contributed by atoms with Crippen LogP contribution in [0.5, 0.6) is 0 Å². The van der Waals surface area contributed by atoms with E-state index in [0.29, 0.717) is 0 Å². The molecule has 2 aromatic rings. The van der Waals surface area contributed by atoms with Gasteiger partial charge in [-0.3, -0.25) is 14.5 Å². The van der Waals surface area contributed by atoms with E-state index >= 15 is 0 Å². The van der Waals surface area contributed by atoms with Crippen molar-refractivity contribution in [3.05, 3.63) is 42.5 Å². The van der Waals surface area contributed by atoms with Gasteiger partial charge in [-0.2, -0.15) is 5.10 Å². The summed E-state index contributed by atoms with van der Waals surface area (Å²) in [5.74, 6) is -1.67. The Balaban J connectivity index is 1.69. The summed E-state index contributed by atoms with van der Waals surface area (Å²) in [5.41, 5.74) is -0.599. The maximum atomic E-state index is 14.2. The number of benzene rings is 1. The lowest BCUT2D eigenvalue weighted by Crippen LogP contribution is -2.41. The van der Waals surface area contributed by atoms with Gasteiger partial charge >= 0.3 is 6.03 Å². The number of halogens is 1. The molecule has 1 aromatic carbocycles.